The Kier molecular flexibility index (Phi) is 5.02. The van der Waals surface area contributed by atoms with Crippen molar-refractivity contribution in [1.29, 1.82) is 0 Å². The quantitative estimate of drug-likeness (QED) is 0.728. The van der Waals surface area contributed by atoms with Crippen LogP contribution in [0.15, 0.2) is 66.7 Å². The number of amides is 1. The summed E-state index contributed by atoms with van der Waals surface area (Å²) in [7, 11) is 0. The van der Waals surface area contributed by atoms with Crippen molar-refractivity contribution in [2.75, 3.05) is 6.61 Å². The highest BCUT2D eigenvalue weighted by atomic mass is 35.5. The molecule has 3 aromatic rings. The van der Waals surface area contributed by atoms with Gasteiger partial charge in [0.25, 0.3) is 5.91 Å². The van der Waals surface area contributed by atoms with E-state index in [1.54, 1.807) is 12.1 Å². The molecule has 0 spiro atoms. The van der Waals surface area contributed by atoms with E-state index < -0.39 is 0 Å². The lowest BCUT2D eigenvalue weighted by atomic mass is 10.0. The smallest absolute Gasteiger partial charge is 0.258 e. The zero-order valence-electron chi connectivity index (χ0n) is 13.3. The molecule has 3 rings (SSSR count). The summed E-state index contributed by atoms with van der Waals surface area (Å²) in [5.74, 6) is 0.322. The van der Waals surface area contributed by atoms with Gasteiger partial charge in [-0.2, -0.15) is 0 Å². The Balaban J connectivity index is 1.61. The SMILES string of the molecule is C[C@H](NC(=O)COc1ccccc1Cl)c1ccc2ccccc2c1. The van der Waals surface area contributed by atoms with E-state index in [2.05, 4.69) is 29.6 Å². The highest BCUT2D eigenvalue weighted by Gasteiger charge is 2.11. The van der Waals surface area contributed by atoms with Crippen LogP contribution >= 0.6 is 11.6 Å². The minimum absolute atomic E-state index is 0.0678. The molecule has 0 aromatic heterocycles. The van der Waals surface area contributed by atoms with Gasteiger partial charge in [-0.1, -0.05) is 60.1 Å². The van der Waals surface area contributed by atoms with Crippen molar-refractivity contribution in [3.63, 3.8) is 0 Å². The van der Waals surface area contributed by atoms with Crippen molar-refractivity contribution >= 4 is 28.3 Å². The monoisotopic (exact) mass is 339 g/mol. The first-order valence-corrected chi connectivity index (χ1v) is 8.16. The van der Waals surface area contributed by atoms with Gasteiger partial charge in [-0.05, 0) is 41.5 Å². The van der Waals surface area contributed by atoms with Crippen LogP contribution in [-0.4, -0.2) is 12.5 Å². The molecule has 0 aliphatic heterocycles. The zero-order valence-corrected chi connectivity index (χ0v) is 14.1. The van der Waals surface area contributed by atoms with Gasteiger partial charge in [-0.3, -0.25) is 4.79 Å². The molecule has 0 fully saturated rings. The molecular weight excluding hydrogens is 322 g/mol. The topological polar surface area (TPSA) is 38.3 Å². The Morgan fingerprint density at radius 2 is 1.75 bits per heavy atom. The molecule has 1 N–H and O–H groups in total. The molecule has 0 bridgehead atoms. The van der Waals surface area contributed by atoms with E-state index in [1.807, 2.05) is 37.3 Å². The van der Waals surface area contributed by atoms with Crippen LogP contribution in [0.4, 0.5) is 0 Å². The number of nitrogens with one attached hydrogen (secondary N) is 1. The van der Waals surface area contributed by atoms with Gasteiger partial charge in [0.15, 0.2) is 6.61 Å². The average Bonchev–Trinajstić information content (AvgIpc) is 2.60. The van der Waals surface area contributed by atoms with Crippen LogP contribution in [-0.2, 0) is 4.79 Å². The third-order valence-corrected chi connectivity index (χ3v) is 4.16. The number of hydrogen-bond donors (Lipinski definition) is 1. The lowest BCUT2D eigenvalue weighted by molar-refractivity contribution is -0.123. The second-order valence-electron chi connectivity index (χ2n) is 5.61. The van der Waals surface area contributed by atoms with E-state index >= 15 is 0 Å². The molecule has 0 saturated carbocycles. The number of ether oxygens (including phenoxy) is 1. The molecule has 1 amide bonds. The molecule has 0 aliphatic rings. The molecule has 3 nitrogen and oxygen atoms in total. The first kappa shape index (κ1) is 16.3. The number of rotatable bonds is 5. The lowest BCUT2D eigenvalue weighted by Gasteiger charge is -2.15. The maximum absolute atomic E-state index is 12.1. The molecule has 122 valence electrons. The Morgan fingerprint density at radius 3 is 2.54 bits per heavy atom. The van der Waals surface area contributed by atoms with E-state index in [1.165, 1.54) is 5.39 Å². The number of fused-ring (bicyclic) bond motifs is 1. The van der Waals surface area contributed by atoms with Crippen LogP contribution in [0.3, 0.4) is 0 Å². The van der Waals surface area contributed by atoms with E-state index in [0.717, 1.165) is 10.9 Å². The fourth-order valence-corrected chi connectivity index (χ4v) is 2.74. The molecule has 0 unspecified atom stereocenters. The summed E-state index contributed by atoms with van der Waals surface area (Å²) in [6, 6.07) is 21.3. The fourth-order valence-electron chi connectivity index (χ4n) is 2.55. The van der Waals surface area contributed by atoms with Crippen LogP contribution in [0.25, 0.3) is 10.8 Å². The number of carbonyl (C=O) groups excluding carboxylic acids is 1. The maximum Gasteiger partial charge on any atom is 0.258 e. The molecule has 4 heteroatoms. The van der Waals surface area contributed by atoms with Gasteiger partial charge < -0.3 is 10.1 Å². The molecule has 1 atom stereocenters. The first-order chi connectivity index (χ1) is 11.6. The number of para-hydroxylation sites is 1. The van der Waals surface area contributed by atoms with Crippen molar-refractivity contribution in [2.24, 2.45) is 0 Å². The Labute approximate surface area is 146 Å². The van der Waals surface area contributed by atoms with Crippen LogP contribution in [0.2, 0.25) is 5.02 Å². The largest absolute Gasteiger partial charge is 0.482 e. The summed E-state index contributed by atoms with van der Waals surface area (Å²) < 4.78 is 5.46. The highest BCUT2D eigenvalue weighted by molar-refractivity contribution is 6.32. The van der Waals surface area contributed by atoms with Gasteiger partial charge in [0.1, 0.15) is 5.75 Å². The molecular formula is C20H18ClNO2. The number of hydrogen-bond acceptors (Lipinski definition) is 2. The van der Waals surface area contributed by atoms with Crippen molar-refractivity contribution in [3.05, 3.63) is 77.3 Å². The summed E-state index contributed by atoms with van der Waals surface area (Å²) in [5.41, 5.74) is 1.06. The Morgan fingerprint density at radius 1 is 1.04 bits per heavy atom. The zero-order chi connectivity index (χ0) is 16.9. The van der Waals surface area contributed by atoms with E-state index in [0.29, 0.717) is 10.8 Å². The van der Waals surface area contributed by atoms with Crippen molar-refractivity contribution < 1.29 is 9.53 Å². The van der Waals surface area contributed by atoms with Gasteiger partial charge >= 0.3 is 0 Å². The summed E-state index contributed by atoms with van der Waals surface area (Å²) in [5, 5.41) is 5.78. The molecule has 0 aliphatic carbocycles. The lowest BCUT2D eigenvalue weighted by Crippen LogP contribution is -2.31. The molecule has 0 saturated heterocycles. The van der Waals surface area contributed by atoms with E-state index in [-0.39, 0.29) is 18.6 Å². The minimum Gasteiger partial charge on any atom is -0.482 e. The van der Waals surface area contributed by atoms with Crippen molar-refractivity contribution in [1.82, 2.24) is 5.32 Å². The molecule has 0 heterocycles. The first-order valence-electron chi connectivity index (χ1n) is 7.79. The van der Waals surface area contributed by atoms with Crippen LogP contribution in [0, 0.1) is 0 Å². The summed E-state index contributed by atoms with van der Waals surface area (Å²) in [6.45, 7) is 1.89. The molecule has 3 aromatic carbocycles. The van der Waals surface area contributed by atoms with Crippen LogP contribution < -0.4 is 10.1 Å². The molecule has 0 radical (unpaired) electrons. The summed E-state index contributed by atoms with van der Waals surface area (Å²) >= 11 is 6.01. The van der Waals surface area contributed by atoms with Crippen LogP contribution in [0.5, 0.6) is 5.75 Å². The average molecular weight is 340 g/mol. The normalized spacial score (nSPS) is 11.9. The van der Waals surface area contributed by atoms with Crippen molar-refractivity contribution in [2.45, 2.75) is 13.0 Å². The predicted octanol–water partition coefficient (Wildman–Crippen LogP) is 4.75. The van der Waals surface area contributed by atoms with E-state index in [9.17, 15) is 4.79 Å². The second-order valence-corrected chi connectivity index (χ2v) is 6.02. The van der Waals surface area contributed by atoms with Gasteiger partial charge in [-0.15, -0.1) is 0 Å². The van der Waals surface area contributed by atoms with Crippen molar-refractivity contribution in [3.8, 4) is 5.75 Å². The number of carbonyl (C=O) groups is 1. The standard InChI is InChI=1S/C20H18ClNO2/c1-14(16-11-10-15-6-2-3-7-17(15)12-16)22-20(23)13-24-19-9-5-4-8-18(19)21/h2-12,14H,13H2,1H3,(H,22,23)/t14-/m0/s1. The number of halogens is 1. The van der Waals surface area contributed by atoms with Gasteiger partial charge in [0.05, 0.1) is 11.1 Å². The summed E-state index contributed by atoms with van der Waals surface area (Å²) in [4.78, 5) is 12.1. The van der Waals surface area contributed by atoms with E-state index in [4.69, 9.17) is 16.3 Å². The highest BCUT2D eigenvalue weighted by Crippen LogP contribution is 2.23. The Bertz CT molecular complexity index is 863. The third-order valence-electron chi connectivity index (χ3n) is 3.85. The predicted molar refractivity (Wildman–Crippen MR) is 97.5 cm³/mol. The third kappa shape index (κ3) is 3.87. The fraction of sp³-hybridized carbons (Fsp3) is 0.150. The second kappa shape index (κ2) is 7.37. The minimum atomic E-state index is -0.185. The van der Waals surface area contributed by atoms with Gasteiger partial charge in [-0.25, -0.2) is 0 Å². The Hall–Kier alpha value is -2.52. The number of benzene rings is 3. The summed E-state index contributed by atoms with van der Waals surface area (Å²) in [6.07, 6.45) is 0. The van der Waals surface area contributed by atoms with Gasteiger partial charge in [0.2, 0.25) is 0 Å². The maximum atomic E-state index is 12.1. The van der Waals surface area contributed by atoms with Crippen LogP contribution in [0.1, 0.15) is 18.5 Å². The van der Waals surface area contributed by atoms with Gasteiger partial charge in [0, 0.05) is 0 Å². The molecule has 24 heavy (non-hydrogen) atoms.